The van der Waals surface area contributed by atoms with Gasteiger partial charge in [-0.25, -0.2) is 0 Å². The molecule has 7 rings (SSSR count). The SMILES string of the molecule is c1ccc(C(c2ccccc2)C23CCN4c5ccccc5N5CCCN(C2)C543)cc1. The number of hydrogen-bond donors (Lipinski definition) is 0. The Hall–Kier alpha value is -2.78. The number of para-hydroxylation sites is 2. The zero-order valence-electron chi connectivity index (χ0n) is 17.2. The van der Waals surface area contributed by atoms with Crippen LogP contribution in [-0.2, 0) is 0 Å². The second-order valence-corrected chi connectivity index (χ2v) is 9.36. The highest BCUT2D eigenvalue weighted by molar-refractivity contribution is 5.82. The monoisotopic (exact) mass is 393 g/mol. The summed E-state index contributed by atoms with van der Waals surface area (Å²) in [6.45, 7) is 4.68. The number of anilines is 2. The molecule has 3 heteroatoms. The largest absolute Gasteiger partial charge is 0.334 e. The van der Waals surface area contributed by atoms with Crippen LogP contribution in [0.4, 0.5) is 11.4 Å². The Bertz CT molecular complexity index is 1040. The fourth-order valence-electron chi connectivity index (χ4n) is 7.38. The van der Waals surface area contributed by atoms with E-state index < -0.39 is 0 Å². The van der Waals surface area contributed by atoms with Gasteiger partial charge in [-0.2, -0.15) is 0 Å². The second-order valence-electron chi connectivity index (χ2n) is 9.36. The highest BCUT2D eigenvalue weighted by Gasteiger charge is 2.78. The highest BCUT2D eigenvalue weighted by atomic mass is 15.7. The summed E-state index contributed by atoms with van der Waals surface area (Å²) < 4.78 is 0. The second kappa shape index (κ2) is 5.89. The molecule has 0 N–H and O–H groups in total. The molecule has 3 saturated heterocycles. The van der Waals surface area contributed by atoms with Crippen molar-refractivity contribution in [2.24, 2.45) is 5.41 Å². The van der Waals surface area contributed by atoms with Crippen molar-refractivity contribution in [1.29, 1.82) is 0 Å². The van der Waals surface area contributed by atoms with Crippen LogP contribution in [0.1, 0.15) is 29.9 Å². The molecule has 0 saturated carbocycles. The van der Waals surface area contributed by atoms with Crippen molar-refractivity contribution in [2.75, 3.05) is 36.0 Å². The molecule has 3 nitrogen and oxygen atoms in total. The van der Waals surface area contributed by atoms with Crippen LogP contribution in [-0.4, -0.2) is 36.9 Å². The third-order valence-corrected chi connectivity index (χ3v) is 8.21. The van der Waals surface area contributed by atoms with Gasteiger partial charge in [0.2, 0.25) is 0 Å². The summed E-state index contributed by atoms with van der Waals surface area (Å²) in [5.74, 6) is 0.390. The molecule has 150 valence electrons. The maximum atomic E-state index is 2.78. The maximum absolute atomic E-state index is 2.78. The van der Waals surface area contributed by atoms with E-state index in [9.17, 15) is 0 Å². The van der Waals surface area contributed by atoms with Crippen molar-refractivity contribution >= 4 is 11.4 Å². The normalized spacial score (nSPS) is 28.8. The van der Waals surface area contributed by atoms with Gasteiger partial charge < -0.3 is 9.80 Å². The van der Waals surface area contributed by atoms with Gasteiger partial charge in [0.1, 0.15) is 0 Å². The fourth-order valence-corrected chi connectivity index (χ4v) is 7.38. The zero-order valence-corrected chi connectivity index (χ0v) is 17.2. The van der Waals surface area contributed by atoms with Crippen LogP contribution < -0.4 is 9.80 Å². The molecule has 0 aromatic heterocycles. The van der Waals surface area contributed by atoms with E-state index in [2.05, 4.69) is 99.6 Å². The smallest absolute Gasteiger partial charge is 0.180 e. The Morgan fingerprint density at radius 1 is 0.633 bits per heavy atom. The van der Waals surface area contributed by atoms with Crippen LogP contribution >= 0.6 is 0 Å². The van der Waals surface area contributed by atoms with Gasteiger partial charge in [-0.3, -0.25) is 4.90 Å². The number of fused-ring (bicyclic) bond motifs is 3. The minimum Gasteiger partial charge on any atom is -0.334 e. The number of hydrogen-bond acceptors (Lipinski definition) is 3. The lowest BCUT2D eigenvalue weighted by molar-refractivity contribution is -0.155. The maximum Gasteiger partial charge on any atom is 0.180 e. The Morgan fingerprint density at radius 2 is 1.20 bits per heavy atom. The molecular weight excluding hydrogens is 366 g/mol. The molecule has 30 heavy (non-hydrogen) atoms. The lowest BCUT2D eigenvalue weighted by atomic mass is 9.58. The molecule has 3 aromatic rings. The van der Waals surface area contributed by atoms with Crippen molar-refractivity contribution in [3.63, 3.8) is 0 Å². The first-order valence-electron chi connectivity index (χ1n) is 11.4. The molecule has 3 aromatic carbocycles. The molecule has 0 amide bonds. The molecule has 2 atom stereocenters. The van der Waals surface area contributed by atoms with Crippen molar-refractivity contribution in [1.82, 2.24) is 4.90 Å². The summed E-state index contributed by atoms with van der Waals surface area (Å²) in [4.78, 5) is 8.30. The van der Waals surface area contributed by atoms with Gasteiger partial charge in [0.15, 0.2) is 5.79 Å². The Morgan fingerprint density at radius 3 is 1.83 bits per heavy atom. The first-order chi connectivity index (χ1) is 14.9. The van der Waals surface area contributed by atoms with Gasteiger partial charge in [0.05, 0.1) is 16.8 Å². The molecule has 0 bridgehead atoms. The van der Waals surface area contributed by atoms with E-state index in [4.69, 9.17) is 0 Å². The quantitative estimate of drug-likeness (QED) is 0.626. The number of benzene rings is 3. The number of nitrogens with zero attached hydrogens (tertiary/aromatic N) is 3. The van der Waals surface area contributed by atoms with E-state index in [0.717, 1.165) is 13.1 Å². The van der Waals surface area contributed by atoms with Crippen LogP contribution in [0, 0.1) is 5.41 Å². The highest BCUT2D eigenvalue weighted by Crippen LogP contribution is 2.70. The third-order valence-electron chi connectivity index (χ3n) is 8.21. The van der Waals surface area contributed by atoms with Crippen LogP contribution in [0.3, 0.4) is 0 Å². The van der Waals surface area contributed by atoms with Gasteiger partial charge in [-0.1, -0.05) is 72.8 Å². The average Bonchev–Trinajstić information content (AvgIpc) is 3.22. The minimum absolute atomic E-state index is 0.00864. The van der Waals surface area contributed by atoms with Crippen molar-refractivity contribution < 1.29 is 0 Å². The van der Waals surface area contributed by atoms with Gasteiger partial charge in [0, 0.05) is 32.1 Å². The Balaban J connectivity index is 1.47. The van der Waals surface area contributed by atoms with E-state index in [0.29, 0.717) is 5.92 Å². The Labute approximate surface area is 178 Å². The van der Waals surface area contributed by atoms with Crippen molar-refractivity contribution in [3.05, 3.63) is 96.1 Å². The van der Waals surface area contributed by atoms with Crippen molar-refractivity contribution in [2.45, 2.75) is 24.5 Å². The summed E-state index contributed by atoms with van der Waals surface area (Å²) in [5.41, 5.74) is 5.98. The van der Waals surface area contributed by atoms with E-state index in [1.54, 1.807) is 0 Å². The van der Waals surface area contributed by atoms with Crippen LogP contribution in [0.15, 0.2) is 84.9 Å². The first-order valence-corrected chi connectivity index (χ1v) is 11.4. The standard InChI is InChI=1S/C27H27N3/c1-3-10-21(11-4-1)25(22-12-5-2-6-13-22)26-16-19-30-24-15-8-7-14-23(24)29-18-9-17-28(20-26)27(26,29)30/h1-8,10-15,25H,9,16-20H2. The molecule has 0 radical (unpaired) electrons. The van der Waals surface area contributed by atoms with E-state index in [1.807, 2.05) is 0 Å². The summed E-state index contributed by atoms with van der Waals surface area (Å²) in [6, 6.07) is 31.7. The van der Waals surface area contributed by atoms with E-state index in [-0.39, 0.29) is 11.2 Å². The van der Waals surface area contributed by atoms with Gasteiger partial charge in [-0.15, -0.1) is 0 Å². The molecule has 4 aliphatic heterocycles. The van der Waals surface area contributed by atoms with Crippen LogP contribution in [0.25, 0.3) is 0 Å². The average molecular weight is 394 g/mol. The van der Waals surface area contributed by atoms with E-state index in [1.165, 1.54) is 48.4 Å². The summed E-state index contributed by atoms with van der Waals surface area (Å²) >= 11 is 0. The molecular formula is C27H27N3. The van der Waals surface area contributed by atoms with Crippen LogP contribution in [0.2, 0.25) is 0 Å². The number of rotatable bonds is 3. The fraction of sp³-hybridized carbons (Fsp3) is 0.333. The predicted molar refractivity (Wildman–Crippen MR) is 122 cm³/mol. The van der Waals surface area contributed by atoms with Crippen molar-refractivity contribution in [3.8, 4) is 0 Å². The molecule has 3 fully saturated rings. The molecule has 0 aliphatic carbocycles. The summed E-state index contributed by atoms with van der Waals surface area (Å²) in [6.07, 6.45) is 2.49. The first kappa shape index (κ1) is 17.0. The molecule has 4 heterocycles. The summed E-state index contributed by atoms with van der Waals surface area (Å²) in [7, 11) is 0. The molecule has 1 spiro atoms. The van der Waals surface area contributed by atoms with Crippen LogP contribution in [0.5, 0.6) is 0 Å². The molecule has 2 unspecified atom stereocenters. The van der Waals surface area contributed by atoms with Gasteiger partial charge in [0.25, 0.3) is 0 Å². The van der Waals surface area contributed by atoms with Gasteiger partial charge in [-0.05, 0) is 36.1 Å². The zero-order chi connectivity index (χ0) is 19.8. The third kappa shape index (κ3) is 1.82. The predicted octanol–water partition coefficient (Wildman–Crippen LogP) is 4.91. The molecule has 4 aliphatic rings. The van der Waals surface area contributed by atoms with Gasteiger partial charge >= 0.3 is 0 Å². The lowest BCUT2D eigenvalue weighted by Gasteiger charge is -2.70. The summed E-state index contributed by atoms with van der Waals surface area (Å²) in [5, 5.41) is 0. The Kier molecular flexibility index (Phi) is 3.33. The topological polar surface area (TPSA) is 9.72 Å². The van der Waals surface area contributed by atoms with E-state index >= 15 is 0 Å². The lowest BCUT2D eigenvalue weighted by Crippen LogP contribution is -2.85. The minimum atomic E-state index is -0.00864.